The molecule has 1 aliphatic rings. The van der Waals surface area contributed by atoms with E-state index >= 15 is 0 Å². The van der Waals surface area contributed by atoms with E-state index in [2.05, 4.69) is 4.98 Å². The van der Waals surface area contributed by atoms with E-state index in [-0.39, 0.29) is 5.97 Å². The predicted molar refractivity (Wildman–Crippen MR) is 82.4 cm³/mol. The third-order valence-corrected chi connectivity index (χ3v) is 3.81. The van der Waals surface area contributed by atoms with Crippen molar-refractivity contribution >= 4 is 28.5 Å². The number of benzene rings is 2. The Labute approximate surface area is 121 Å². The zero-order chi connectivity index (χ0) is 14.2. The van der Waals surface area contributed by atoms with Crippen LogP contribution in [0.4, 0.5) is 0 Å². The van der Waals surface area contributed by atoms with Crippen LogP contribution in [0.3, 0.4) is 0 Å². The summed E-state index contributed by atoms with van der Waals surface area (Å²) in [5.74, 6) is -0.265. The minimum atomic E-state index is -0.265. The third-order valence-electron chi connectivity index (χ3n) is 3.81. The standard InChI is InChI=1S/C18H13NO2/c20-18-16(14-6-2-1-5-12(14)11-21-18)9-13-10-19-17-8-4-3-7-15(13)17/h1-10,19H,11H2/b16-9-. The summed E-state index contributed by atoms with van der Waals surface area (Å²) >= 11 is 0. The van der Waals surface area contributed by atoms with E-state index in [1.54, 1.807) is 0 Å². The summed E-state index contributed by atoms with van der Waals surface area (Å²) in [5.41, 5.74) is 4.67. The largest absolute Gasteiger partial charge is 0.457 e. The van der Waals surface area contributed by atoms with Gasteiger partial charge in [0.15, 0.2) is 0 Å². The highest BCUT2D eigenvalue weighted by Crippen LogP contribution is 2.30. The Hall–Kier alpha value is -2.81. The maximum absolute atomic E-state index is 12.1. The summed E-state index contributed by atoms with van der Waals surface area (Å²) in [6.45, 7) is 0.347. The van der Waals surface area contributed by atoms with Crippen molar-refractivity contribution in [3.05, 3.63) is 71.4 Å². The van der Waals surface area contributed by atoms with Crippen LogP contribution in [0.2, 0.25) is 0 Å². The van der Waals surface area contributed by atoms with Crippen LogP contribution in [0.15, 0.2) is 54.7 Å². The van der Waals surface area contributed by atoms with Gasteiger partial charge in [-0.3, -0.25) is 0 Å². The minimum absolute atomic E-state index is 0.265. The number of hydrogen-bond donors (Lipinski definition) is 1. The normalized spacial score (nSPS) is 16.0. The quantitative estimate of drug-likeness (QED) is 0.542. The highest BCUT2D eigenvalue weighted by molar-refractivity contribution is 6.23. The molecule has 21 heavy (non-hydrogen) atoms. The van der Waals surface area contributed by atoms with Crippen LogP contribution in [0, 0.1) is 0 Å². The Balaban J connectivity index is 1.91. The number of carbonyl (C=O) groups excluding carboxylic acids is 1. The fourth-order valence-corrected chi connectivity index (χ4v) is 2.75. The molecule has 0 unspecified atom stereocenters. The van der Waals surface area contributed by atoms with Gasteiger partial charge in [-0.25, -0.2) is 4.79 Å². The van der Waals surface area contributed by atoms with Gasteiger partial charge in [0.25, 0.3) is 0 Å². The molecule has 102 valence electrons. The number of esters is 1. The molecule has 0 aliphatic carbocycles. The molecule has 0 fully saturated rings. The summed E-state index contributed by atoms with van der Waals surface area (Å²) in [6, 6.07) is 15.9. The maximum atomic E-state index is 12.1. The number of aromatic amines is 1. The molecule has 3 nitrogen and oxygen atoms in total. The summed E-state index contributed by atoms with van der Waals surface area (Å²) in [7, 11) is 0. The molecule has 1 aromatic heterocycles. The van der Waals surface area contributed by atoms with E-state index in [9.17, 15) is 4.79 Å². The van der Waals surface area contributed by atoms with Gasteiger partial charge < -0.3 is 9.72 Å². The van der Waals surface area contributed by atoms with Crippen molar-refractivity contribution < 1.29 is 9.53 Å². The van der Waals surface area contributed by atoms with Crippen molar-refractivity contribution in [1.29, 1.82) is 0 Å². The lowest BCUT2D eigenvalue weighted by Gasteiger charge is -2.18. The van der Waals surface area contributed by atoms with Gasteiger partial charge in [-0.15, -0.1) is 0 Å². The predicted octanol–water partition coefficient (Wildman–Crippen LogP) is 3.77. The van der Waals surface area contributed by atoms with Gasteiger partial charge in [0, 0.05) is 22.7 Å². The van der Waals surface area contributed by atoms with E-state index in [1.807, 2.05) is 60.8 Å². The smallest absolute Gasteiger partial charge is 0.339 e. The molecule has 3 aromatic rings. The van der Waals surface area contributed by atoms with Crippen molar-refractivity contribution in [3.8, 4) is 0 Å². The average molecular weight is 275 g/mol. The number of ether oxygens (including phenoxy) is 1. The molecule has 0 saturated carbocycles. The first-order chi connectivity index (χ1) is 10.3. The van der Waals surface area contributed by atoms with Gasteiger partial charge in [-0.1, -0.05) is 42.5 Å². The second kappa shape index (κ2) is 4.63. The number of rotatable bonds is 1. The van der Waals surface area contributed by atoms with Crippen molar-refractivity contribution in [2.24, 2.45) is 0 Å². The van der Waals surface area contributed by atoms with E-state index in [4.69, 9.17) is 4.74 Å². The van der Waals surface area contributed by atoms with Crippen molar-refractivity contribution in [3.63, 3.8) is 0 Å². The third kappa shape index (κ3) is 1.94. The summed E-state index contributed by atoms with van der Waals surface area (Å²) in [6.07, 6.45) is 3.82. The summed E-state index contributed by atoms with van der Waals surface area (Å²) < 4.78 is 5.26. The average Bonchev–Trinajstić information content (AvgIpc) is 2.93. The molecule has 0 radical (unpaired) electrons. The van der Waals surface area contributed by atoms with Gasteiger partial charge in [0.05, 0.1) is 5.57 Å². The number of H-pyrrole nitrogens is 1. The van der Waals surface area contributed by atoms with Crippen LogP contribution in [0.25, 0.3) is 22.6 Å². The van der Waals surface area contributed by atoms with Gasteiger partial charge in [0.2, 0.25) is 0 Å². The first-order valence-corrected chi connectivity index (χ1v) is 6.86. The topological polar surface area (TPSA) is 42.1 Å². The van der Waals surface area contributed by atoms with Crippen molar-refractivity contribution in [1.82, 2.24) is 4.98 Å². The monoisotopic (exact) mass is 275 g/mol. The van der Waals surface area contributed by atoms with Crippen LogP contribution < -0.4 is 0 Å². The number of cyclic esters (lactones) is 1. The molecule has 0 amide bonds. The molecular weight excluding hydrogens is 262 g/mol. The number of carbonyl (C=O) groups is 1. The second-order valence-electron chi connectivity index (χ2n) is 5.08. The lowest BCUT2D eigenvalue weighted by atomic mass is 9.96. The molecule has 1 aliphatic heterocycles. The van der Waals surface area contributed by atoms with Crippen LogP contribution in [0.5, 0.6) is 0 Å². The molecular formula is C18H13NO2. The molecule has 4 rings (SSSR count). The maximum Gasteiger partial charge on any atom is 0.339 e. The highest BCUT2D eigenvalue weighted by atomic mass is 16.5. The molecule has 3 heteroatoms. The Morgan fingerprint density at radius 3 is 2.81 bits per heavy atom. The van der Waals surface area contributed by atoms with E-state index in [0.717, 1.165) is 27.6 Å². The van der Waals surface area contributed by atoms with E-state index in [1.165, 1.54) is 0 Å². The molecule has 2 aromatic carbocycles. The lowest BCUT2D eigenvalue weighted by molar-refractivity contribution is -0.138. The fourth-order valence-electron chi connectivity index (χ4n) is 2.75. The summed E-state index contributed by atoms with van der Waals surface area (Å²) in [4.78, 5) is 15.3. The molecule has 1 N–H and O–H groups in total. The van der Waals surface area contributed by atoms with Crippen molar-refractivity contribution in [2.75, 3.05) is 0 Å². The van der Waals surface area contributed by atoms with E-state index < -0.39 is 0 Å². The molecule has 0 spiro atoms. The zero-order valence-corrected chi connectivity index (χ0v) is 11.3. The lowest BCUT2D eigenvalue weighted by Crippen LogP contribution is -2.15. The SMILES string of the molecule is O=C1OCc2ccccc2/C1=C/c1c[nH]c2ccccc12. The number of para-hydroxylation sites is 1. The van der Waals surface area contributed by atoms with Gasteiger partial charge in [-0.05, 0) is 23.3 Å². The molecule has 0 bridgehead atoms. The fraction of sp³-hybridized carbons (Fsp3) is 0.0556. The zero-order valence-electron chi connectivity index (χ0n) is 11.3. The number of hydrogen-bond acceptors (Lipinski definition) is 2. The molecule has 0 atom stereocenters. The van der Waals surface area contributed by atoms with Crippen molar-refractivity contribution in [2.45, 2.75) is 6.61 Å². The summed E-state index contributed by atoms with van der Waals surface area (Å²) in [5, 5.41) is 1.10. The Morgan fingerprint density at radius 1 is 1.05 bits per heavy atom. The minimum Gasteiger partial charge on any atom is -0.457 e. The van der Waals surface area contributed by atoms with Gasteiger partial charge >= 0.3 is 5.97 Å². The molecule has 0 saturated heterocycles. The number of nitrogens with one attached hydrogen (secondary N) is 1. The highest BCUT2D eigenvalue weighted by Gasteiger charge is 2.22. The van der Waals surface area contributed by atoms with Crippen LogP contribution in [-0.4, -0.2) is 11.0 Å². The number of aromatic nitrogens is 1. The van der Waals surface area contributed by atoms with Gasteiger partial charge in [-0.2, -0.15) is 0 Å². The van der Waals surface area contributed by atoms with Crippen LogP contribution in [0.1, 0.15) is 16.7 Å². The molecule has 2 heterocycles. The Kier molecular flexibility index (Phi) is 2.64. The second-order valence-corrected chi connectivity index (χ2v) is 5.08. The van der Waals surface area contributed by atoms with Crippen LogP contribution in [-0.2, 0) is 16.1 Å². The van der Waals surface area contributed by atoms with Crippen LogP contribution >= 0.6 is 0 Å². The Bertz CT molecular complexity index is 874. The first-order valence-electron chi connectivity index (χ1n) is 6.86. The Morgan fingerprint density at radius 2 is 1.86 bits per heavy atom. The van der Waals surface area contributed by atoms with Gasteiger partial charge in [0.1, 0.15) is 6.61 Å². The number of fused-ring (bicyclic) bond motifs is 2. The van der Waals surface area contributed by atoms with E-state index in [0.29, 0.717) is 12.2 Å². The first kappa shape index (κ1) is 12.0.